The van der Waals surface area contributed by atoms with Crippen LogP contribution in [0.4, 0.5) is 0 Å². The van der Waals surface area contributed by atoms with Gasteiger partial charge in [0.05, 0.1) is 17.9 Å². The van der Waals surface area contributed by atoms with E-state index in [1.165, 1.54) is 11.3 Å². The normalized spacial score (nSPS) is 11.5. The van der Waals surface area contributed by atoms with Gasteiger partial charge in [-0.2, -0.15) is 5.10 Å². The minimum Gasteiger partial charge on any atom is -0.308 e. The molecule has 0 saturated carbocycles. The zero-order chi connectivity index (χ0) is 14.7. The van der Waals surface area contributed by atoms with Crippen LogP contribution in [-0.4, -0.2) is 20.8 Å². The molecular formula is C15H24N4S. The third-order valence-corrected chi connectivity index (χ3v) is 4.36. The highest BCUT2D eigenvalue weighted by Gasteiger charge is 2.11. The fraction of sp³-hybridized carbons (Fsp3) is 0.600. The summed E-state index contributed by atoms with van der Waals surface area (Å²) in [7, 11) is 0. The maximum atomic E-state index is 4.68. The Bertz CT molecular complexity index is 568. The molecule has 4 nitrogen and oxygen atoms in total. The fourth-order valence-corrected chi connectivity index (χ4v) is 3.08. The molecule has 0 bridgehead atoms. The second kappa shape index (κ2) is 6.50. The van der Waals surface area contributed by atoms with Crippen LogP contribution in [0.1, 0.15) is 48.4 Å². The van der Waals surface area contributed by atoms with Crippen molar-refractivity contribution in [3.05, 3.63) is 33.0 Å². The van der Waals surface area contributed by atoms with E-state index < -0.39 is 0 Å². The van der Waals surface area contributed by atoms with Crippen LogP contribution in [0, 0.1) is 13.8 Å². The SMILES string of the molecule is CCc1c(C)nn(Cc2csc(CNC(C)C)n2)c1C. The number of thiazole rings is 1. The molecule has 0 aliphatic rings. The second-order valence-corrected chi connectivity index (χ2v) is 6.37. The van der Waals surface area contributed by atoms with E-state index in [9.17, 15) is 0 Å². The summed E-state index contributed by atoms with van der Waals surface area (Å²) < 4.78 is 2.07. The van der Waals surface area contributed by atoms with Crippen molar-refractivity contribution in [3.8, 4) is 0 Å². The topological polar surface area (TPSA) is 42.7 Å². The molecule has 0 radical (unpaired) electrons. The van der Waals surface area contributed by atoms with E-state index in [4.69, 9.17) is 0 Å². The molecule has 0 fully saturated rings. The molecule has 0 aliphatic carbocycles. The van der Waals surface area contributed by atoms with Crippen molar-refractivity contribution in [2.24, 2.45) is 0 Å². The first-order valence-corrected chi connectivity index (χ1v) is 8.08. The molecule has 0 saturated heterocycles. The van der Waals surface area contributed by atoms with Gasteiger partial charge in [0.25, 0.3) is 0 Å². The van der Waals surface area contributed by atoms with Crippen LogP contribution in [0.2, 0.25) is 0 Å². The van der Waals surface area contributed by atoms with E-state index in [-0.39, 0.29) is 0 Å². The lowest BCUT2D eigenvalue weighted by Crippen LogP contribution is -2.21. The smallest absolute Gasteiger partial charge is 0.107 e. The summed E-state index contributed by atoms with van der Waals surface area (Å²) in [4.78, 5) is 4.68. The van der Waals surface area contributed by atoms with E-state index in [1.54, 1.807) is 11.3 Å². The maximum absolute atomic E-state index is 4.68. The van der Waals surface area contributed by atoms with E-state index in [0.29, 0.717) is 6.04 Å². The molecule has 2 heterocycles. The lowest BCUT2D eigenvalue weighted by molar-refractivity contribution is 0.584. The molecule has 20 heavy (non-hydrogen) atoms. The largest absolute Gasteiger partial charge is 0.308 e. The minimum absolute atomic E-state index is 0.491. The Hall–Kier alpha value is -1.20. The van der Waals surface area contributed by atoms with Crippen LogP contribution in [0.3, 0.4) is 0 Å². The average Bonchev–Trinajstić information content (AvgIpc) is 2.93. The molecule has 0 spiro atoms. The van der Waals surface area contributed by atoms with Gasteiger partial charge in [0.1, 0.15) is 5.01 Å². The quantitative estimate of drug-likeness (QED) is 0.890. The molecule has 0 unspecified atom stereocenters. The van der Waals surface area contributed by atoms with Gasteiger partial charge in [0.15, 0.2) is 0 Å². The van der Waals surface area contributed by atoms with Crippen LogP contribution < -0.4 is 5.32 Å². The van der Waals surface area contributed by atoms with E-state index in [1.807, 2.05) is 0 Å². The van der Waals surface area contributed by atoms with Gasteiger partial charge in [-0.05, 0) is 25.8 Å². The van der Waals surface area contributed by atoms with Crippen molar-refractivity contribution in [1.29, 1.82) is 0 Å². The van der Waals surface area contributed by atoms with Gasteiger partial charge < -0.3 is 5.32 Å². The van der Waals surface area contributed by atoms with Gasteiger partial charge in [-0.25, -0.2) is 4.98 Å². The fourth-order valence-electron chi connectivity index (χ4n) is 2.35. The number of hydrogen-bond donors (Lipinski definition) is 1. The van der Waals surface area contributed by atoms with Crippen LogP contribution >= 0.6 is 11.3 Å². The lowest BCUT2D eigenvalue weighted by atomic mass is 10.1. The van der Waals surface area contributed by atoms with Crippen LogP contribution in [0.5, 0.6) is 0 Å². The Morgan fingerprint density at radius 3 is 2.70 bits per heavy atom. The molecule has 1 N–H and O–H groups in total. The van der Waals surface area contributed by atoms with E-state index >= 15 is 0 Å². The Kier molecular flexibility index (Phi) is 4.94. The first kappa shape index (κ1) is 15.2. The van der Waals surface area contributed by atoms with Crippen molar-refractivity contribution in [2.75, 3.05) is 0 Å². The zero-order valence-corrected chi connectivity index (χ0v) is 13.8. The number of nitrogens with zero attached hydrogens (tertiary/aromatic N) is 3. The first-order chi connectivity index (χ1) is 9.51. The zero-order valence-electron chi connectivity index (χ0n) is 13.0. The number of hydrogen-bond acceptors (Lipinski definition) is 4. The van der Waals surface area contributed by atoms with Crippen molar-refractivity contribution >= 4 is 11.3 Å². The van der Waals surface area contributed by atoms with Crippen LogP contribution in [0.25, 0.3) is 0 Å². The average molecular weight is 292 g/mol. The van der Waals surface area contributed by atoms with Gasteiger partial charge in [0, 0.05) is 23.7 Å². The molecule has 2 aromatic rings. The highest BCUT2D eigenvalue weighted by molar-refractivity contribution is 7.09. The monoisotopic (exact) mass is 292 g/mol. The number of nitrogens with one attached hydrogen (secondary N) is 1. The summed E-state index contributed by atoms with van der Waals surface area (Å²) in [6.07, 6.45) is 1.04. The van der Waals surface area contributed by atoms with Crippen LogP contribution in [0.15, 0.2) is 5.38 Å². The molecule has 0 atom stereocenters. The number of aromatic nitrogens is 3. The number of aryl methyl sites for hydroxylation is 1. The Morgan fingerprint density at radius 2 is 2.10 bits per heavy atom. The molecule has 2 aromatic heterocycles. The van der Waals surface area contributed by atoms with Gasteiger partial charge in [-0.15, -0.1) is 11.3 Å². The standard InChI is InChI=1S/C15H24N4S/c1-6-14-11(4)18-19(12(14)5)8-13-9-20-15(17-13)7-16-10(2)3/h9-10,16H,6-8H2,1-5H3. The van der Waals surface area contributed by atoms with Gasteiger partial charge in [-0.1, -0.05) is 20.8 Å². The molecule has 0 aliphatic heterocycles. The van der Waals surface area contributed by atoms with Crippen molar-refractivity contribution in [2.45, 2.75) is 60.2 Å². The molecule has 2 rings (SSSR count). The predicted molar refractivity (Wildman–Crippen MR) is 84.3 cm³/mol. The third kappa shape index (κ3) is 3.46. The first-order valence-electron chi connectivity index (χ1n) is 7.20. The molecular weight excluding hydrogens is 268 g/mol. The molecule has 0 amide bonds. The van der Waals surface area contributed by atoms with Crippen molar-refractivity contribution in [1.82, 2.24) is 20.1 Å². The van der Waals surface area contributed by atoms with Crippen molar-refractivity contribution < 1.29 is 0 Å². The molecule has 5 heteroatoms. The Labute approximate surface area is 125 Å². The summed E-state index contributed by atoms with van der Waals surface area (Å²) in [6, 6.07) is 0.491. The van der Waals surface area contributed by atoms with Gasteiger partial charge in [-0.3, -0.25) is 4.68 Å². The van der Waals surface area contributed by atoms with Gasteiger partial charge >= 0.3 is 0 Å². The van der Waals surface area contributed by atoms with Crippen molar-refractivity contribution in [3.63, 3.8) is 0 Å². The summed E-state index contributed by atoms with van der Waals surface area (Å²) >= 11 is 1.72. The summed E-state index contributed by atoms with van der Waals surface area (Å²) in [5, 5.41) is 11.3. The molecule has 0 aromatic carbocycles. The van der Waals surface area contributed by atoms with Gasteiger partial charge in [0.2, 0.25) is 0 Å². The summed E-state index contributed by atoms with van der Waals surface area (Å²) in [5.41, 5.74) is 4.87. The lowest BCUT2D eigenvalue weighted by Gasteiger charge is -2.05. The van der Waals surface area contributed by atoms with E-state index in [0.717, 1.165) is 35.9 Å². The summed E-state index contributed by atoms with van der Waals surface area (Å²) in [5.74, 6) is 0. The Morgan fingerprint density at radius 1 is 1.35 bits per heavy atom. The maximum Gasteiger partial charge on any atom is 0.107 e. The predicted octanol–water partition coefficient (Wildman–Crippen LogP) is 3.07. The number of rotatable bonds is 6. The highest BCUT2D eigenvalue weighted by Crippen LogP contribution is 2.16. The second-order valence-electron chi connectivity index (χ2n) is 5.43. The third-order valence-electron chi connectivity index (χ3n) is 3.46. The van der Waals surface area contributed by atoms with Crippen LogP contribution in [-0.2, 0) is 19.5 Å². The highest BCUT2D eigenvalue weighted by atomic mass is 32.1. The summed E-state index contributed by atoms with van der Waals surface area (Å²) in [6.45, 7) is 12.3. The molecule has 110 valence electrons. The Balaban J connectivity index is 2.07. The minimum atomic E-state index is 0.491. The van der Waals surface area contributed by atoms with E-state index in [2.05, 4.69) is 60.1 Å².